The molecule has 0 bridgehead atoms. The van der Waals surface area contributed by atoms with E-state index in [-0.39, 0.29) is 6.04 Å². The number of hydrogen-bond donors (Lipinski definition) is 2. The molecule has 4 nitrogen and oxygen atoms in total. The highest BCUT2D eigenvalue weighted by molar-refractivity contribution is 5.48. The maximum absolute atomic E-state index is 6.03. The summed E-state index contributed by atoms with van der Waals surface area (Å²) >= 11 is 0. The van der Waals surface area contributed by atoms with Crippen molar-refractivity contribution in [2.24, 2.45) is 5.73 Å². The number of piperazine rings is 1. The second-order valence-electron chi connectivity index (χ2n) is 4.66. The minimum atomic E-state index is 0.110. The number of rotatable bonds is 3. The largest absolute Gasteiger partial charge is 0.354 e. The van der Waals surface area contributed by atoms with Crippen LogP contribution in [0.5, 0.6) is 0 Å². The SMILES string of the molecule is CCC(N)c1cnc(N2CCNCC2)c(C)c1. The van der Waals surface area contributed by atoms with Gasteiger partial charge in [-0.1, -0.05) is 6.92 Å². The number of nitrogens with one attached hydrogen (secondary N) is 1. The molecule has 1 aromatic rings. The number of hydrogen-bond acceptors (Lipinski definition) is 4. The van der Waals surface area contributed by atoms with Gasteiger partial charge in [-0.2, -0.15) is 0 Å². The van der Waals surface area contributed by atoms with Gasteiger partial charge in [0, 0.05) is 38.4 Å². The lowest BCUT2D eigenvalue weighted by Crippen LogP contribution is -2.44. The summed E-state index contributed by atoms with van der Waals surface area (Å²) in [7, 11) is 0. The first kappa shape index (κ1) is 12.3. The highest BCUT2D eigenvalue weighted by atomic mass is 15.2. The van der Waals surface area contributed by atoms with Crippen LogP contribution in [0.25, 0.3) is 0 Å². The van der Waals surface area contributed by atoms with E-state index < -0.39 is 0 Å². The van der Waals surface area contributed by atoms with E-state index in [2.05, 4.69) is 35.1 Å². The van der Waals surface area contributed by atoms with Gasteiger partial charge in [-0.15, -0.1) is 0 Å². The molecule has 1 atom stereocenters. The highest BCUT2D eigenvalue weighted by Crippen LogP contribution is 2.21. The average molecular weight is 234 g/mol. The van der Waals surface area contributed by atoms with E-state index in [4.69, 9.17) is 5.73 Å². The fraction of sp³-hybridized carbons (Fsp3) is 0.615. The van der Waals surface area contributed by atoms with Gasteiger partial charge >= 0.3 is 0 Å². The lowest BCUT2D eigenvalue weighted by atomic mass is 10.1. The monoisotopic (exact) mass is 234 g/mol. The zero-order valence-electron chi connectivity index (χ0n) is 10.7. The van der Waals surface area contributed by atoms with Crippen molar-refractivity contribution in [3.05, 3.63) is 23.4 Å². The van der Waals surface area contributed by atoms with Gasteiger partial charge in [0.05, 0.1) is 0 Å². The van der Waals surface area contributed by atoms with E-state index in [0.717, 1.165) is 44.0 Å². The molecule has 1 aromatic heterocycles. The van der Waals surface area contributed by atoms with Crippen molar-refractivity contribution in [1.82, 2.24) is 10.3 Å². The molecule has 0 aliphatic carbocycles. The Balaban J connectivity index is 2.18. The maximum atomic E-state index is 6.03. The molecule has 2 heterocycles. The van der Waals surface area contributed by atoms with Crippen LogP contribution in [0.1, 0.15) is 30.5 Å². The van der Waals surface area contributed by atoms with Crippen LogP contribution in [0.3, 0.4) is 0 Å². The molecule has 0 aromatic carbocycles. The van der Waals surface area contributed by atoms with E-state index in [1.165, 1.54) is 5.56 Å². The van der Waals surface area contributed by atoms with Crippen molar-refractivity contribution in [3.8, 4) is 0 Å². The Morgan fingerprint density at radius 3 is 2.76 bits per heavy atom. The van der Waals surface area contributed by atoms with Crippen LogP contribution >= 0.6 is 0 Å². The molecule has 1 aliphatic rings. The lowest BCUT2D eigenvalue weighted by Gasteiger charge is -2.29. The Morgan fingerprint density at radius 1 is 1.47 bits per heavy atom. The molecule has 1 saturated heterocycles. The van der Waals surface area contributed by atoms with Gasteiger partial charge in [0.1, 0.15) is 5.82 Å². The first-order valence-electron chi connectivity index (χ1n) is 6.40. The minimum Gasteiger partial charge on any atom is -0.354 e. The Hall–Kier alpha value is -1.13. The molecule has 0 spiro atoms. The van der Waals surface area contributed by atoms with Gasteiger partial charge in [-0.25, -0.2) is 4.98 Å². The molecular formula is C13H22N4. The summed E-state index contributed by atoms with van der Waals surface area (Å²) in [6, 6.07) is 2.29. The summed E-state index contributed by atoms with van der Waals surface area (Å²) in [6.07, 6.45) is 2.88. The van der Waals surface area contributed by atoms with Crippen molar-refractivity contribution in [2.75, 3.05) is 31.1 Å². The smallest absolute Gasteiger partial charge is 0.131 e. The van der Waals surface area contributed by atoms with E-state index in [1.807, 2.05) is 6.20 Å². The molecule has 0 saturated carbocycles. The normalized spacial score (nSPS) is 18.2. The molecule has 3 N–H and O–H groups in total. The molecule has 1 fully saturated rings. The molecule has 0 radical (unpaired) electrons. The molecule has 17 heavy (non-hydrogen) atoms. The Bertz CT molecular complexity index is 372. The molecular weight excluding hydrogens is 212 g/mol. The number of nitrogens with two attached hydrogens (primary N) is 1. The van der Waals surface area contributed by atoms with E-state index >= 15 is 0 Å². The minimum absolute atomic E-state index is 0.110. The summed E-state index contributed by atoms with van der Waals surface area (Å²) in [5.41, 5.74) is 8.40. The summed E-state index contributed by atoms with van der Waals surface area (Å²) in [6.45, 7) is 8.37. The highest BCUT2D eigenvalue weighted by Gasteiger charge is 2.15. The van der Waals surface area contributed by atoms with Crippen LogP contribution in [-0.4, -0.2) is 31.2 Å². The molecule has 2 rings (SSSR count). The van der Waals surface area contributed by atoms with Crippen LogP contribution in [0.2, 0.25) is 0 Å². The van der Waals surface area contributed by atoms with Crippen molar-refractivity contribution in [3.63, 3.8) is 0 Å². The number of nitrogens with zero attached hydrogens (tertiary/aromatic N) is 2. The Kier molecular flexibility index (Phi) is 3.97. The first-order valence-corrected chi connectivity index (χ1v) is 6.40. The number of aryl methyl sites for hydroxylation is 1. The van der Waals surface area contributed by atoms with Crippen LogP contribution in [0.15, 0.2) is 12.3 Å². The van der Waals surface area contributed by atoms with E-state index in [1.54, 1.807) is 0 Å². The van der Waals surface area contributed by atoms with Gasteiger partial charge < -0.3 is 16.0 Å². The Morgan fingerprint density at radius 2 is 2.18 bits per heavy atom. The fourth-order valence-corrected chi connectivity index (χ4v) is 2.24. The quantitative estimate of drug-likeness (QED) is 0.825. The summed E-state index contributed by atoms with van der Waals surface area (Å²) in [5.74, 6) is 1.11. The summed E-state index contributed by atoms with van der Waals surface area (Å²) in [5, 5.41) is 3.35. The summed E-state index contributed by atoms with van der Waals surface area (Å²) in [4.78, 5) is 6.93. The van der Waals surface area contributed by atoms with Crippen LogP contribution in [0, 0.1) is 6.92 Å². The van der Waals surface area contributed by atoms with Crippen LogP contribution in [-0.2, 0) is 0 Å². The fourth-order valence-electron chi connectivity index (χ4n) is 2.24. The number of anilines is 1. The predicted molar refractivity (Wildman–Crippen MR) is 71.3 cm³/mol. The van der Waals surface area contributed by atoms with Gasteiger partial charge in [0.25, 0.3) is 0 Å². The zero-order chi connectivity index (χ0) is 12.3. The first-order chi connectivity index (χ1) is 8.22. The molecule has 1 aliphatic heterocycles. The van der Waals surface area contributed by atoms with Crippen molar-refractivity contribution >= 4 is 5.82 Å². The van der Waals surface area contributed by atoms with E-state index in [0.29, 0.717) is 0 Å². The van der Waals surface area contributed by atoms with Gasteiger partial charge in [0.2, 0.25) is 0 Å². The topological polar surface area (TPSA) is 54.2 Å². The van der Waals surface area contributed by atoms with Gasteiger partial charge in [0.15, 0.2) is 0 Å². The number of aromatic nitrogens is 1. The third kappa shape index (κ3) is 2.76. The van der Waals surface area contributed by atoms with Crippen LogP contribution < -0.4 is 16.0 Å². The predicted octanol–water partition coefficient (Wildman–Crippen LogP) is 1.21. The van der Waals surface area contributed by atoms with Crippen molar-refractivity contribution < 1.29 is 0 Å². The molecule has 4 heteroatoms. The van der Waals surface area contributed by atoms with Crippen LogP contribution in [0.4, 0.5) is 5.82 Å². The number of pyridine rings is 1. The third-order valence-corrected chi connectivity index (χ3v) is 3.36. The van der Waals surface area contributed by atoms with Crippen molar-refractivity contribution in [1.29, 1.82) is 0 Å². The maximum Gasteiger partial charge on any atom is 0.131 e. The molecule has 94 valence electrons. The standard InChI is InChI=1S/C13H22N4/c1-3-12(14)11-8-10(2)13(16-9-11)17-6-4-15-5-7-17/h8-9,12,15H,3-7,14H2,1-2H3. The Labute approximate surface area is 103 Å². The second kappa shape index (κ2) is 5.47. The molecule has 1 unspecified atom stereocenters. The average Bonchev–Trinajstić information content (AvgIpc) is 2.38. The van der Waals surface area contributed by atoms with E-state index in [9.17, 15) is 0 Å². The molecule has 0 amide bonds. The van der Waals surface area contributed by atoms with Gasteiger partial charge in [-0.3, -0.25) is 0 Å². The van der Waals surface area contributed by atoms with Crippen molar-refractivity contribution in [2.45, 2.75) is 26.3 Å². The lowest BCUT2D eigenvalue weighted by molar-refractivity contribution is 0.583. The van der Waals surface area contributed by atoms with Gasteiger partial charge in [-0.05, 0) is 30.5 Å². The third-order valence-electron chi connectivity index (χ3n) is 3.36. The summed E-state index contributed by atoms with van der Waals surface area (Å²) < 4.78 is 0. The second-order valence-corrected chi connectivity index (χ2v) is 4.66. The zero-order valence-corrected chi connectivity index (χ0v) is 10.7.